The Balaban J connectivity index is 5.21. The van der Waals surface area contributed by atoms with Gasteiger partial charge in [0, 0.05) is 25.7 Å². The molecular weight excluding hydrogens is 1280 g/mol. The number of rotatable bonds is 76. The third-order valence-corrected chi connectivity index (χ3v) is 20.6. The summed E-state index contributed by atoms with van der Waals surface area (Å²) in [6.45, 7) is 14.2. The van der Waals surface area contributed by atoms with E-state index in [9.17, 15) is 43.2 Å². The first-order chi connectivity index (χ1) is 47.1. The van der Waals surface area contributed by atoms with Gasteiger partial charge in [-0.3, -0.25) is 37.3 Å². The zero-order valence-corrected chi connectivity index (χ0v) is 66.2. The largest absolute Gasteiger partial charge is 0.472 e. The Labute approximate surface area is 600 Å². The number of phosphoric ester groups is 2. The summed E-state index contributed by atoms with van der Waals surface area (Å²) in [5.74, 6) is 0.937. The van der Waals surface area contributed by atoms with Crippen molar-refractivity contribution in [2.24, 2.45) is 23.7 Å². The molecule has 0 aromatic heterocycles. The number of hydrogen-bond donors (Lipinski definition) is 3. The van der Waals surface area contributed by atoms with Gasteiger partial charge in [-0.1, -0.05) is 351 Å². The zero-order valence-electron chi connectivity index (χ0n) is 64.4. The lowest BCUT2D eigenvalue weighted by Gasteiger charge is -2.21. The van der Waals surface area contributed by atoms with Crippen LogP contribution in [-0.2, 0) is 65.4 Å². The average Bonchev–Trinajstić information content (AvgIpc) is 1.000. The third kappa shape index (κ3) is 71.1. The first-order valence-corrected chi connectivity index (χ1v) is 43.7. The highest BCUT2D eigenvalue weighted by molar-refractivity contribution is 7.47. The maximum absolute atomic E-state index is 13.1. The molecule has 0 aliphatic rings. The molecule has 0 aromatic rings. The van der Waals surface area contributed by atoms with E-state index < -0.39 is 97.5 Å². The van der Waals surface area contributed by atoms with Crippen molar-refractivity contribution in [3.8, 4) is 0 Å². The number of aliphatic hydroxyl groups is 1. The van der Waals surface area contributed by atoms with Crippen LogP contribution in [0.15, 0.2) is 0 Å². The molecule has 0 saturated heterocycles. The number of hydrogen-bond acceptors (Lipinski definition) is 15. The van der Waals surface area contributed by atoms with Crippen LogP contribution in [0.2, 0.25) is 0 Å². The van der Waals surface area contributed by atoms with Crippen LogP contribution in [0, 0.1) is 23.7 Å². The number of carbonyl (C=O) groups is 4. The van der Waals surface area contributed by atoms with E-state index in [0.717, 1.165) is 114 Å². The van der Waals surface area contributed by atoms with E-state index >= 15 is 0 Å². The summed E-state index contributed by atoms with van der Waals surface area (Å²) in [6.07, 6.45) is 54.3. The molecule has 0 heterocycles. The number of ether oxygens (including phenoxy) is 4. The van der Waals surface area contributed by atoms with Gasteiger partial charge in [-0.2, -0.15) is 0 Å². The molecule has 0 amide bonds. The van der Waals surface area contributed by atoms with Gasteiger partial charge in [0.05, 0.1) is 26.4 Å². The Morgan fingerprint density at radius 3 is 0.724 bits per heavy atom. The summed E-state index contributed by atoms with van der Waals surface area (Å²) in [7, 11) is -9.92. The van der Waals surface area contributed by atoms with Gasteiger partial charge >= 0.3 is 39.5 Å². The molecule has 0 aromatic carbocycles. The Kier molecular flexibility index (Phi) is 66.8. The molecule has 3 N–H and O–H groups in total. The molecule has 0 aliphatic carbocycles. The number of aliphatic hydroxyl groups excluding tert-OH is 1. The summed E-state index contributed by atoms with van der Waals surface area (Å²) >= 11 is 0. The van der Waals surface area contributed by atoms with Crippen molar-refractivity contribution in [1.29, 1.82) is 0 Å². The van der Waals surface area contributed by atoms with Crippen LogP contribution < -0.4 is 0 Å². The lowest BCUT2D eigenvalue weighted by atomic mass is 10.00. The smallest absolute Gasteiger partial charge is 0.462 e. The number of phosphoric acid groups is 2. The summed E-state index contributed by atoms with van der Waals surface area (Å²) in [5.41, 5.74) is 0. The normalized spacial score (nSPS) is 14.3. The van der Waals surface area contributed by atoms with Gasteiger partial charge in [0.2, 0.25) is 0 Å². The van der Waals surface area contributed by atoms with E-state index in [1.807, 2.05) is 0 Å². The molecule has 4 unspecified atom stereocenters. The summed E-state index contributed by atoms with van der Waals surface area (Å²) in [4.78, 5) is 72.9. The van der Waals surface area contributed by atoms with Crippen molar-refractivity contribution in [2.75, 3.05) is 39.6 Å². The summed E-state index contributed by atoms with van der Waals surface area (Å²) < 4.78 is 68.6. The molecule has 0 radical (unpaired) electrons. The van der Waals surface area contributed by atoms with Crippen molar-refractivity contribution in [2.45, 2.75) is 420 Å². The Hall–Kier alpha value is -1.94. The minimum atomic E-state index is -4.96. The highest BCUT2D eigenvalue weighted by atomic mass is 31.2. The minimum absolute atomic E-state index is 0.102. The second-order valence-corrected chi connectivity index (χ2v) is 33.0. The fourth-order valence-electron chi connectivity index (χ4n) is 12.0. The fourth-order valence-corrected chi connectivity index (χ4v) is 13.6. The first kappa shape index (κ1) is 96.1. The van der Waals surface area contributed by atoms with E-state index in [1.165, 1.54) is 205 Å². The Morgan fingerprint density at radius 1 is 0.286 bits per heavy atom. The maximum Gasteiger partial charge on any atom is 0.472 e. The maximum atomic E-state index is 13.1. The molecule has 19 heteroatoms. The molecule has 98 heavy (non-hydrogen) atoms. The molecule has 0 bridgehead atoms. The molecule has 17 nitrogen and oxygen atoms in total. The molecule has 0 rings (SSSR count). The SMILES string of the molecule is CCC(C)CCCCCCCCC(=O)O[C@H](COC(=O)CCCCCCCCCCC(C)C)COP(=O)(O)OCC(O)COP(=O)(O)OC[C@@H](COC(=O)CCCCCCCCCCCCCCCC(C)C)OC(=O)CCCCCCCCCCCCCCCCCCCCC(C)C. The van der Waals surface area contributed by atoms with Crippen LogP contribution in [0.1, 0.15) is 402 Å². The second kappa shape index (κ2) is 68.2. The Bertz CT molecular complexity index is 1920. The highest BCUT2D eigenvalue weighted by Crippen LogP contribution is 2.45. The van der Waals surface area contributed by atoms with Gasteiger partial charge in [-0.15, -0.1) is 0 Å². The third-order valence-electron chi connectivity index (χ3n) is 18.7. The van der Waals surface area contributed by atoms with E-state index in [0.29, 0.717) is 25.7 Å². The van der Waals surface area contributed by atoms with Crippen molar-refractivity contribution in [3.63, 3.8) is 0 Å². The van der Waals surface area contributed by atoms with E-state index in [2.05, 4.69) is 55.4 Å². The van der Waals surface area contributed by atoms with Gasteiger partial charge in [0.15, 0.2) is 12.2 Å². The standard InChI is InChI=1S/C79H154O17P2/c1-9-72(8)58-50-42-37-38-46-54-62-79(84)96-75(66-90-77(82)60-52-44-35-30-29-33-41-49-57-71(6)7)68-94-98(87,88)92-64-73(80)63-91-97(85,86)93-67-74(65-89-76(81)59-51-43-34-27-23-20-16-18-22-26-32-40-48-56-70(4)5)95-78(83)61-53-45-36-28-24-19-15-13-11-10-12-14-17-21-25-31-39-47-55-69(2)3/h69-75,80H,9-68H2,1-8H3,(H,85,86)(H,87,88)/t72?,73?,74-,75-/m1/s1. The molecule has 0 saturated carbocycles. The van der Waals surface area contributed by atoms with Crippen molar-refractivity contribution in [1.82, 2.24) is 0 Å². The molecular formula is C79H154O17P2. The van der Waals surface area contributed by atoms with Crippen LogP contribution >= 0.6 is 15.6 Å². The molecule has 582 valence electrons. The highest BCUT2D eigenvalue weighted by Gasteiger charge is 2.30. The first-order valence-electron chi connectivity index (χ1n) is 40.7. The Morgan fingerprint density at radius 2 is 0.490 bits per heavy atom. The number of unbranched alkanes of at least 4 members (excludes halogenated alkanes) is 41. The summed E-state index contributed by atoms with van der Waals surface area (Å²) in [6, 6.07) is 0. The van der Waals surface area contributed by atoms with E-state index in [1.54, 1.807) is 0 Å². The number of carbonyl (C=O) groups excluding carboxylic acids is 4. The molecule has 0 fully saturated rings. The van der Waals surface area contributed by atoms with Crippen LogP contribution in [0.4, 0.5) is 0 Å². The second-order valence-electron chi connectivity index (χ2n) is 30.1. The van der Waals surface area contributed by atoms with E-state index in [4.69, 9.17) is 37.0 Å². The lowest BCUT2D eigenvalue weighted by molar-refractivity contribution is -0.161. The fraction of sp³-hybridized carbons (Fsp3) is 0.949. The van der Waals surface area contributed by atoms with Crippen LogP contribution in [-0.4, -0.2) is 96.7 Å². The van der Waals surface area contributed by atoms with Crippen LogP contribution in [0.5, 0.6) is 0 Å². The van der Waals surface area contributed by atoms with Crippen LogP contribution in [0.3, 0.4) is 0 Å². The topological polar surface area (TPSA) is 237 Å². The average molecular weight is 1440 g/mol. The molecule has 0 spiro atoms. The quantitative estimate of drug-likeness (QED) is 0.0222. The summed E-state index contributed by atoms with van der Waals surface area (Å²) in [5, 5.41) is 10.6. The van der Waals surface area contributed by atoms with Crippen molar-refractivity contribution < 1.29 is 80.2 Å². The zero-order chi connectivity index (χ0) is 72.4. The predicted molar refractivity (Wildman–Crippen MR) is 400 cm³/mol. The predicted octanol–water partition coefficient (Wildman–Crippen LogP) is 23.2. The lowest BCUT2D eigenvalue weighted by Crippen LogP contribution is -2.30. The molecule has 0 aliphatic heterocycles. The van der Waals surface area contributed by atoms with Gasteiger partial charge in [0.25, 0.3) is 0 Å². The van der Waals surface area contributed by atoms with Crippen molar-refractivity contribution >= 4 is 39.5 Å². The van der Waals surface area contributed by atoms with Gasteiger partial charge in [-0.25, -0.2) is 9.13 Å². The van der Waals surface area contributed by atoms with Crippen molar-refractivity contribution in [3.05, 3.63) is 0 Å². The molecule has 6 atom stereocenters. The van der Waals surface area contributed by atoms with Gasteiger partial charge in [0.1, 0.15) is 19.3 Å². The number of esters is 4. The monoisotopic (exact) mass is 1440 g/mol. The van der Waals surface area contributed by atoms with Gasteiger partial charge < -0.3 is 33.8 Å². The van der Waals surface area contributed by atoms with Gasteiger partial charge in [-0.05, 0) is 49.4 Å². The van der Waals surface area contributed by atoms with Crippen LogP contribution in [0.25, 0.3) is 0 Å². The minimum Gasteiger partial charge on any atom is -0.462 e. The van der Waals surface area contributed by atoms with E-state index in [-0.39, 0.29) is 25.7 Å².